The molecular formula is C81H122N10O16S4. The van der Waals surface area contributed by atoms with Crippen LogP contribution >= 0.6 is 43.2 Å². The molecule has 1 unspecified atom stereocenters. The Labute approximate surface area is 672 Å². The number of alkyl carbamates (subject to hydrolysis) is 1. The van der Waals surface area contributed by atoms with E-state index in [1.165, 1.54) is 120 Å². The van der Waals surface area contributed by atoms with Crippen LogP contribution in [-0.4, -0.2) is 224 Å². The highest BCUT2D eigenvalue weighted by atomic mass is 33.1. The van der Waals surface area contributed by atoms with Crippen molar-refractivity contribution in [2.45, 2.75) is 231 Å². The first-order chi connectivity index (χ1) is 52.0. The minimum Gasteiger partial charge on any atom is -0.480 e. The molecule has 0 aliphatic rings. The minimum absolute atomic E-state index is 0.0135. The Balaban J connectivity index is 2.04. The van der Waals surface area contributed by atoms with Gasteiger partial charge < -0.3 is 66.5 Å². The highest BCUT2D eigenvalue weighted by Gasteiger charge is 2.41. The van der Waals surface area contributed by atoms with Crippen LogP contribution < -0.4 is 32.3 Å². The number of rotatable bonds is 48. The zero-order valence-corrected chi connectivity index (χ0v) is 71.3. The fourth-order valence-electron chi connectivity index (χ4n) is 11.6. The van der Waals surface area contributed by atoms with Gasteiger partial charge in [-0.05, 0) is 87.8 Å². The molecule has 0 aromatic heterocycles. The Morgan fingerprint density at radius 1 is 0.523 bits per heavy atom. The van der Waals surface area contributed by atoms with E-state index in [0.29, 0.717) is 11.1 Å². The van der Waals surface area contributed by atoms with Gasteiger partial charge in [0.1, 0.15) is 48.9 Å². The lowest BCUT2D eigenvalue weighted by Crippen LogP contribution is -2.57. The highest BCUT2D eigenvalue weighted by Crippen LogP contribution is 2.37. The van der Waals surface area contributed by atoms with E-state index in [2.05, 4.69) is 33.2 Å². The summed E-state index contributed by atoms with van der Waals surface area (Å²) in [6.07, 6.45) is -0.781. The molecule has 26 nitrogen and oxygen atoms in total. The topological polar surface area (TPSA) is 360 Å². The Morgan fingerprint density at radius 2 is 1.03 bits per heavy atom. The van der Waals surface area contributed by atoms with Gasteiger partial charge in [0.05, 0.1) is 17.8 Å². The third-order valence-electron chi connectivity index (χ3n) is 18.1. The quantitative estimate of drug-likeness (QED) is 0.0120. The van der Waals surface area contributed by atoms with Gasteiger partial charge in [0.25, 0.3) is 5.91 Å². The van der Waals surface area contributed by atoms with Crippen LogP contribution in [0.2, 0.25) is 0 Å². The van der Waals surface area contributed by atoms with Crippen molar-refractivity contribution in [1.29, 1.82) is 0 Å². The maximum atomic E-state index is 15.3. The van der Waals surface area contributed by atoms with Gasteiger partial charge in [-0.2, -0.15) is 0 Å². The normalized spacial score (nSPS) is 14.8. The van der Waals surface area contributed by atoms with E-state index in [1.807, 2.05) is 99.6 Å². The first-order valence-corrected chi connectivity index (χ1v) is 42.4. The lowest BCUT2D eigenvalue weighted by Gasteiger charge is -2.36. The highest BCUT2D eigenvalue weighted by molar-refractivity contribution is 8.77. The summed E-state index contributed by atoms with van der Waals surface area (Å²) in [6.45, 7) is 28.8. The molecule has 3 aromatic rings. The number of esters is 1. The van der Waals surface area contributed by atoms with E-state index in [-0.39, 0.29) is 104 Å². The third-order valence-corrected chi connectivity index (χ3v) is 24.7. The second kappa shape index (κ2) is 48.2. The van der Waals surface area contributed by atoms with E-state index in [0.717, 1.165) is 10.5 Å². The van der Waals surface area contributed by atoms with Gasteiger partial charge in [-0.15, -0.1) is 0 Å². The number of hydrogen-bond acceptors (Lipinski definition) is 20. The maximum absolute atomic E-state index is 15.3. The molecule has 30 heteroatoms. The molecule has 111 heavy (non-hydrogen) atoms. The van der Waals surface area contributed by atoms with E-state index < -0.39 is 156 Å². The first kappa shape index (κ1) is 97.3. The maximum Gasteiger partial charge on any atom is 0.408 e. The van der Waals surface area contributed by atoms with Crippen LogP contribution in [0.15, 0.2) is 104 Å². The first-order valence-electron chi connectivity index (χ1n) is 37.7. The smallest absolute Gasteiger partial charge is 0.408 e. The van der Waals surface area contributed by atoms with Crippen LogP contribution in [-0.2, 0) is 86.3 Å². The number of carboxylic acid groups (broad SMARTS) is 1. The fourth-order valence-corrected chi connectivity index (χ4v) is 16.4. The number of carboxylic acids is 1. The zero-order chi connectivity index (χ0) is 83.6. The van der Waals surface area contributed by atoms with Gasteiger partial charge in [0, 0.05) is 81.1 Å². The third kappa shape index (κ3) is 35.3. The monoisotopic (exact) mass is 1620 g/mol. The average Bonchev–Trinajstić information content (AvgIpc) is 0.823. The largest absolute Gasteiger partial charge is 0.480 e. The van der Waals surface area contributed by atoms with Crippen LogP contribution in [0.3, 0.4) is 0 Å². The zero-order valence-electron chi connectivity index (χ0n) is 68.0. The predicted molar refractivity (Wildman–Crippen MR) is 441 cm³/mol. The van der Waals surface area contributed by atoms with Crippen LogP contribution in [0.25, 0.3) is 0 Å². The van der Waals surface area contributed by atoms with Crippen molar-refractivity contribution in [3.05, 3.63) is 120 Å². The molecule has 0 spiro atoms. The van der Waals surface area contributed by atoms with Crippen molar-refractivity contribution in [2.24, 2.45) is 29.4 Å². The Hall–Kier alpha value is -7.93. The number of carbonyl (C=O) groups excluding carboxylic acids is 12. The summed E-state index contributed by atoms with van der Waals surface area (Å²) in [5.74, 6) is -10.8. The number of aliphatic carboxylic acids is 1. The summed E-state index contributed by atoms with van der Waals surface area (Å²) in [7, 11) is 11.4. The van der Waals surface area contributed by atoms with Crippen LogP contribution in [0.1, 0.15) is 159 Å². The molecule has 8 N–H and O–H groups in total. The average molecular weight is 1620 g/mol. The summed E-state index contributed by atoms with van der Waals surface area (Å²) in [5, 5.41) is 23.1. The molecular weight excluding hydrogens is 1500 g/mol. The number of nitrogens with zero attached hydrogens (tertiary/aromatic N) is 4. The van der Waals surface area contributed by atoms with Crippen molar-refractivity contribution in [3.63, 3.8) is 0 Å². The number of amides is 9. The second-order valence-electron chi connectivity index (χ2n) is 31.0. The summed E-state index contributed by atoms with van der Waals surface area (Å²) >= 11 is 0. The summed E-state index contributed by atoms with van der Waals surface area (Å²) in [4.78, 5) is 189. The number of likely N-dealkylation sites (N-methyl/N-ethyl adjacent to an activating group) is 4. The fraction of sp³-hybridized carbons (Fsp3) is 0.593. The van der Waals surface area contributed by atoms with Crippen molar-refractivity contribution < 1.29 is 76.9 Å². The molecule has 9 amide bonds. The van der Waals surface area contributed by atoms with Crippen molar-refractivity contribution >= 4 is 120 Å². The summed E-state index contributed by atoms with van der Waals surface area (Å²) in [5.41, 5.74) is 8.51. The second-order valence-corrected chi connectivity index (χ2v) is 37.3. The van der Waals surface area contributed by atoms with Gasteiger partial charge in [0.2, 0.25) is 41.4 Å². The number of ketones is 2. The van der Waals surface area contributed by atoms with Gasteiger partial charge in [-0.3, -0.25) is 57.5 Å². The molecule has 0 aliphatic carbocycles. The molecule has 0 fully saturated rings. The van der Waals surface area contributed by atoms with E-state index >= 15 is 14.4 Å². The molecule has 0 saturated carbocycles. The van der Waals surface area contributed by atoms with Gasteiger partial charge in [-0.25, -0.2) is 4.79 Å². The molecule has 3 rings (SSSR count). The lowest BCUT2D eigenvalue weighted by atomic mass is 9.90. The van der Waals surface area contributed by atoms with Gasteiger partial charge in [0.15, 0.2) is 17.7 Å². The Morgan fingerprint density at radius 3 is 1.55 bits per heavy atom. The van der Waals surface area contributed by atoms with E-state index in [4.69, 9.17) is 15.2 Å². The van der Waals surface area contributed by atoms with Crippen LogP contribution in [0, 0.1) is 23.7 Å². The number of unbranched alkanes of at least 4 members (excludes halogenated alkanes) is 1. The Kier molecular flexibility index (Phi) is 42.2. The minimum atomic E-state index is -1.41. The number of carbonyl (C=O) groups is 13. The Bertz CT molecular complexity index is 3550. The van der Waals surface area contributed by atoms with Crippen LogP contribution in [0.4, 0.5) is 4.79 Å². The number of hydrogen-bond donors (Lipinski definition) is 7. The van der Waals surface area contributed by atoms with E-state index in [1.54, 1.807) is 60.7 Å². The SMILES string of the molecule is C=CCOC(=O)N[C@@H](CSSC(C)(C)C)C(=O)NCCCC[C@H](CC(=O)[C@H](Cc1ccccc1)NC(=O)C(CSSC(C)(C)C)OC(=O)[C@@H](N)Cc1ccccc1)C(=O)N[C@@H](CC(C)C)C(=O)N(C)[C@@H](C)C(=O)N(C)[C@@H](CC(C)C)C(=O)C[C@@H](C)C(=O)N(C)[C@@H](Cc1ccccc1)C(=O)N(C)[C@@H](C)C(=O)N[C@@H](C)C(=O)O. The molecule has 3 aromatic carbocycles. The van der Waals surface area contributed by atoms with Crippen molar-refractivity contribution in [1.82, 2.24) is 46.2 Å². The number of nitrogens with one attached hydrogen (secondary N) is 5. The lowest BCUT2D eigenvalue weighted by molar-refractivity contribution is -0.156. The summed E-state index contributed by atoms with van der Waals surface area (Å²) < 4.78 is 10.6. The molecule has 0 radical (unpaired) electrons. The van der Waals surface area contributed by atoms with Gasteiger partial charge in [-0.1, -0.05) is 229 Å². The molecule has 12 atom stereocenters. The van der Waals surface area contributed by atoms with Crippen LogP contribution in [0.5, 0.6) is 0 Å². The number of nitrogens with two attached hydrogens (primary N) is 1. The molecule has 616 valence electrons. The molecule has 0 aliphatic heterocycles. The predicted octanol–water partition coefficient (Wildman–Crippen LogP) is 9.05. The van der Waals surface area contributed by atoms with E-state index in [9.17, 15) is 53.1 Å². The van der Waals surface area contributed by atoms with Crippen molar-refractivity contribution in [3.8, 4) is 0 Å². The van der Waals surface area contributed by atoms with Gasteiger partial charge >= 0.3 is 18.0 Å². The number of Topliss-reactive ketones (excluding diaryl/α,β-unsaturated/α-hetero) is 2. The molecule has 0 saturated heterocycles. The number of ether oxygens (including phenoxy) is 2. The van der Waals surface area contributed by atoms with Crippen molar-refractivity contribution in [2.75, 3.05) is 52.8 Å². The summed E-state index contributed by atoms with van der Waals surface area (Å²) in [6, 6.07) is 16.2. The molecule has 0 bridgehead atoms. The molecule has 0 heterocycles. The number of benzene rings is 3. The standard InChI is InChI=1S/C81H122N10O16S4/c1-20-40-106-79(105)87-63(48-108-110-80(10,11)12)71(96)83-39-31-30-38-59(47-66(92)61(45-57-34-26-22-27-35-57)85-72(97)68(49-109-111-81(13,14)15)107-78(104)60(82)44-56-32-24-21-25-33-56)70(95)86-62(41-50(2)3)75(100)89(17)55(9)74(99)90(18)64(42-51(4)5)67(93)43-52(6)73(98)91(19)65(46-58-36-28-23-29-37-58)76(101)88(16)54(8)69(94)84-53(7)77(102)103/h20-29,32-37,50-55,59-65,68H,1,30-31,38-49,82H2,2-19H3,(H,83,96)(H,84,94)(H,85,97)(H,86,95)(H,87,105)(H,102,103)/t52-,53+,54+,55+,59-,60+,61+,62+,63+,64+,65+,68?/m1/s1.